The molecule has 2 aromatic carbocycles. The molecule has 0 bridgehead atoms. The van der Waals surface area contributed by atoms with Crippen molar-refractivity contribution >= 4 is 11.9 Å². The lowest BCUT2D eigenvalue weighted by molar-refractivity contribution is 0.0770. The number of carbonyl (C=O) groups is 2. The fraction of sp³-hybridized carbons (Fsp3) is 0.333. The average molecular weight is 431 g/mol. The summed E-state index contributed by atoms with van der Waals surface area (Å²) in [5.74, 6) is 1.06. The third-order valence-electron chi connectivity index (χ3n) is 6.44. The number of aryl methyl sites for hydroxylation is 1. The first kappa shape index (κ1) is 20.2. The number of carbonyl (C=O) groups excluding carboxylic acids is 2. The van der Waals surface area contributed by atoms with Gasteiger partial charge in [0.25, 0.3) is 5.91 Å². The lowest BCUT2D eigenvalue weighted by Crippen LogP contribution is -2.44. The molecule has 32 heavy (non-hydrogen) atoms. The molecule has 2 aliphatic rings. The summed E-state index contributed by atoms with van der Waals surface area (Å²) in [5, 5.41) is 6.99. The summed E-state index contributed by atoms with van der Waals surface area (Å²) in [6, 6.07) is 19.0. The maximum Gasteiger partial charge on any atom is 0.317 e. The van der Waals surface area contributed by atoms with Crippen LogP contribution in [0.15, 0.2) is 65.2 Å². The smallest absolute Gasteiger partial charge is 0.317 e. The number of urea groups is 1. The molecule has 8 heteroatoms. The molecule has 3 aromatic rings. The highest BCUT2D eigenvalue weighted by Crippen LogP contribution is 2.44. The Morgan fingerprint density at radius 2 is 1.69 bits per heavy atom. The van der Waals surface area contributed by atoms with Crippen molar-refractivity contribution in [2.75, 3.05) is 26.2 Å². The second-order valence-corrected chi connectivity index (χ2v) is 8.58. The molecule has 2 aliphatic heterocycles. The summed E-state index contributed by atoms with van der Waals surface area (Å²) in [6.45, 7) is 4.18. The number of aromatic nitrogens is 2. The Kier molecular flexibility index (Phi) is 5.13. The normalized spacial score (nSPS) is 22.1. The predicted octanol–water partition coefficient (Wildman–Crippen LogP) is 2.61. The van der Waals surface area contributed by atoms with Gasteiger partial charge in [0.05, 0.1) is 5.41 Å². The summed E-state index contributed by atoms with van der Waals surface area (Å²) < 4.78 is 5.59. The van der Waals surface area contributed by atoms with Gasteiger partial charge in [0, 0.05) is 44.2 Å². The van der Waals surface area contributed by atoms with E-state index < -0.39 is 5.41 Å². The molecule has 3 amide bonds. The van der Waals surface area contributed by atoms with Crippen LogP contribution in [0.25, 0.3) is 0 Å². The van der Waals surface area contributed by atoms with Gasteiger partial charge in [-0.2, -0.15) is 4.98 Å². The summed E-state index contributed by atoms with van der Waals surface area (Å²) in [4.78, 5) is 34.2. The molecule has 8 nitrogen and oxygen atoms in total. The first-order valence-electron chi connectivity index (χ1n) is 10.8. The Morgan fingerprint density at radius 1 is 1.03 bits per heavy atom. The first-order valence-corrected chi connectivity index (χ1v) is 10.8. The molecule has 2 saturated heterocycles. The zero-order chi connectivity index (χ0) is 22.1. The Hall–Kier alpha value is -3.68. The number of likely N-dealkylation sites (tertiary alicyclic amines) is 2. The minimum absolute atomic E-state index is 0.0179. The number of fused-ring (bicyclic) bond motifs is 1. The topological polar surface area (TPSA) is 91.6 Å². The first-order chi connectivity index (χ1) is 15.5. The van der Waals surface area contributed by atoms with Crippen molar-refractivity contribution in [2.24, 2.45) is 5.92 Å². The van der Waals surface area contributed by atoms with Gasteiger partial charge in [-0.05, 0) is 24.6 Å². The van der Waals surface area contributed by atoms with E-state index in [9.17, 15) is 9.59 Å². The monoisotopic (exact) mass is 431 g/mol. The summed E-state index contributed by atoms with van der Waals surface area (Å²) >= 11 is 0. The van der Waals surface area contributed by atoms with Crippen molar-refractivity contribution in [3.05, 3.63) is 83.5 Å². The quantitative estimate of drug-likeness (QED) is 0.686. The van der Waals surface area contributed by atoms with Crippen LogP contribution in [0, 0.1) is 12.8 Å². The SMILES string of the molecule is Cc1noc([C@]23CN(C(=O)NCc4ccccc4)C[C@H]2CN(C(=O)c2ccccc2)C3)n1. The number of amides is 3. The fourth-order valence-corrected chi connectivity index (χ4v) is 4.83. The maximum absolute atomic E-state index is 13.1. The highest BCUT2D eigenvalue weighted by atomic mass is 16.5. The Balaban J connectivity index is 1.35. The minimum atomic E-state index is -0.560. The van der Waals surface area contributed by atoms with Crippen LogP contribution in [0.2, 0.25) is 0 Å². The number of benzene rings is 2. The molecule has 0 unspecified atom stereocenters. The van der Waals surface area contributed by atoms with Crippen LogP contribution in [0.5, 0.6) is 0 Å². The number of nitrogens with zero attached hydrogens (tertiary/aromatic N) is 4. The summed E-state index contributed by atoms with van der Waals surface area (Å²) in [5.41, 5.74) is 1.14. The zero-order valence-corrected chi connectivity index (χ0v) is 17.9. The largest absolute Gasteiger partial charge is 0.339 e. The molecule has 1 N–H and O–H groups in total. The molecule has 0 spiro atoms. The van der Waals surface area contributed by atoms with Crippen LogP contribution < -0.4 is 5.32 Å². The number of rotatable bonds is 4. The predicted molar refractivity (Wildman–Crippen MR) is 117 cm³/mol. The van der Waals surface area contributed by atoms with Crippen LogP contribution in [0.4, 0.5) is 4.79 Å². The molecule has 164 valence electrons. The van der Waals surface area contributed by atoms with Crippen molar-refractivity contribution in [3.63, 3.8) is 0 Å². The van der Waals surface area contributed by atoms with Crippen molar-refractivity contribution in [1.82, 2.24) is 25.3 Å². The molecular formula is C24H25N5O3. The van der Waals surface area contributed by atoms with Gasteiger partial charge >= 0.3 is 6.03 Å². The van der Waals surface area contributed by atoms with E-state index in [0.29, 0.717) is 50.0 Å². The molecular weight excluding hydrogens is 406 g/mol. The molecule has 2 fully saturated rings. The van der Waals surface area contributed by atoms with Gasteiger partial charge in [-0.15, -0.1) is 0 Å². The van der Waals surface area contributed by atoms with Crippen LogP contribution in [0.3, 0.4) is 0 Å². The van der Waals surface area contributed by atoms with Crippen molar-refractivity contribution in [2.45, 2.75) is 18.9 Å². The van der Waals surface area contributed by atoms with E-state index in [4.69, 9.17) is 4.52 Å². The molecule has 0 saturated carbocycles. The number of nitrogens with one attached hydrogen (secondary N) is 1. The standard InChI is InChI=1S/C24H25N5O3/c1-17-26-22(32-27-17)24-15-28(21(30)19-10-6-3-7-11-19)13-20(24)14-29(16-24)23(31)25-12-18-8-4-2-5-9-18/h2-11,20H,12-16H2,1H3,(H,25,31)/t20-,24-/m1/s1. The minimum Gasteiger partial charge on any atom is -0.339 e. The van der Waals surface area contributed by atoms with Gasteiger partial charge in [0.15, 0.2) is 5.82 Å². The van der Waals surface area contributed by atoms with Gasteiger partial charge in [-0.1, -0.05) is 53.7 Å². The van der Waals surface area contributed by atoms with Gasteiger partial charge in [0.1, 0.15) is 0 Å². The summed E-state index contributed by atoms with van der Waals surface area (Å²) in [6.07, 6.45) is 0. The molecule has 5 rings (SSSR count). The number of hydrogen-bond acceptors (Lipinski definition) is 5. The number of hydrogen-bond donors (Lipinski definition) is 1. The van der Waals surface area contributed by atoms with E-state index in [2.05, 4.69) is 15.5 Å². The highest BCUT2D eigenvalue weighted by molar-refractivity contribution is 5.94. The molecule has 3 heterocycles. The van der Waals surface area contributed by atoms with E-state index in [1.165, 1.54) is 0 Å². The Bertz CT molecular complexity index is 1120. The van der Waals surface area contributed by atoms with E-state index in [1.54, 1.807) is 11.8 Å². The van der Waals surface area contributed by atoms with Gasteiger partial charge in [-0.25, -0.2) is 4.79 Å². The van der Waals surface area contributed by atoms with Crippen molar-refractivity contribution in [3.8, 4) is 0 Å². The lowest BCUT2D eigenvalue weighted by Gasteiger charge is -2.26. The zero-order valence-electron chi connectivity index (χ0n) is 17.9. The molecule has 1 aromatic heterocycles. The third-order valence-corrected chi connectivity index (χ3v) is 6.44. The van der Waals surface area contributed by atoms with E-state index in [0.717, 1.165) is 5.56 Å². The second kappa shape index (κ2) is 8.11. The third kappa shape index (κ3) is 3.62. The van der Waals surface area contributed by atoms with Gasteiger partial charge < -0.3 is 19.6 Å². The van der Waals surface area contributed by atoms with E-state index in [1.807, 2.05) is 65.6 Å². The summed E-state index contributed by atoms with van der Waals surface area (Å²) in [7, 11) is 0. The fourth-order valence-electron chi connectivity index (χ4n) is 4.83. The van der Waals surface area contributed by atoms with Crippen LogP contribution in [0.1, 0.15) is 27.6 Å². The van der Waals surface area contributed by atoms with Crippen LogP contribution in [-0.2, 0) is 12.0 Å². The lowest BCUT2D eigenvalue weighted by atomic mass is 9.81. The maximum atomic E-state index is 13.1. The van der Waals surface area contributed by atoms with Crippen molar-refractivity contribution in [1.29, 1.82) is 0 Å². The van der Waals surface area contributed by atoms with Crippen molar-refractivity contribution < 1.29 is 14.1 Å². The molecule has 0 aliphatic carbocycles. The van der Waals surface area contributed by atoms with Crippen LogP contribution >= 0.6 is 0 Å². The average Bonchev–Trinajstić information content (AvgIpc) is 3.51. The Labute approximate surface area is 186 Å². The second-order valence-electron chi connectivity index (χ2n) is 8.58. The van der Waals surface area contributed by atoms with E-state index >= 15 is 0 Å². The molecule has 0 radical (unpaired) electrons. The Morgan fingerprint density at radius 3 is 2.38 bits per heavy atom. The van der Waals surface area contributed by atoms with Gasteiger partial charge in [0.2, 0.25) is 5.89 Å². The van der Waals surface area contributed by atoms with E-state index in [-0.39, 0.29) is 17.9 Å². The van der Waals surface area contributed by atoms with Gasteiger partial charge in [-0.3, -0.25) is 4.79 Å². The van der Waals surface area contributed by atoms with Crippen LogP contribution in [-0.4, -0.2) is 58.1 Å². The molecule has 2 atom stereocenters. The highest BCUT2D eigenvalue weighted by Gasteiger charge is 2.58.